The standard InChI is InChI=1S/C8H9N/c1-2-8-5-3-4-6-9-7-8/h2,4-7H,1,3H2. The molecule has 0 aromatic rings. The number of aliphatic imine (C=N–C) groups is 1. The minimum atomic E-state index is 0.960. The highest BCUT2D eigenvalue weighted by molar-refractivity contribution is 5.82. The summed E-state index contributed by atoms with van der Waals surface area (Å²) in [6, 6.07) is 0. The van der Waals surface area contributed by atoms with Crippen LogP contribution in [0.1, 0.15) is 6.42 Å². The van der Waals surface area contributed by atoms with Crippen molar-refractivity contribution in [3.05, 3.63) is 36.6 Å². The lowest BCUT2D eigenvalue weighted by molar-refractivity contribution is 1.37. The Morgan fingerprint density at radius 3 is 3.33 bits per heavy atom. The van der Waals surface area contributed by atoms with Gasteiger partial charge in [-0.05, 0) is 12.0 Å². The third-order valence-electron chi connectivity index (χ3n) is 1.14. The Morgan fingerprint density at radius 2 is 2.56 bits per heavy atom. The molecule has 1 rings (SSSR count). The zero-order chi connectivity index (χ0) is 6.53. The average molecular weight is 119 g/mol. The van der Waals surface area contributed by atoms with Gasteiger partial charge in [0.15, 0.2) is 0 Å². The van der Waals surface area contributed by atoms with Crippen molar-refractivity contribution in [3.63, 3.8) is 0 Å². The maximum Gasteiger partial charge on any atom is 0.0336 e. The fourth-order valence-electron chi connectivity index (χ4n) is 0.644. The van der Waals surface area contributed by atoms with Crippen LogP contribution in [0, 0.1) is 0 Å². The molecule has 0 aliphatic carbocycles. The van der Waals surface area contributed by atoms with Crippen LogP contribution in [0.4, 0.5) is 0 Å². The van der Waals surface area contributed by atoms with E-state index in [4.69, 9.17) is 0 Å². The van der Waals surface area contributed by atoms with Gasteiger partial charge in [0.05, 0.1) is 0 Å². The molecule has 0 atom stereocenters. The summed E-state index contributed by atoms with van der Waals surface area (Å²) in [5.74, 6) is 0. The smallest absolute Gasteiger partial charge is 0.0336 e. The number of allylic oxidation sites excluding steroid dienone is 4. The van der Waals surface area contributed by atoms with Crippen LogP contribution >= 0.6 is 0 Å². The van der Waals surface area contributed by atoms with Gasteiger partial charge in [-0.1, -0.05) is 24.8 Å². The fraction of sp³-hybridized carbons (Fsp3) is 0.125. The van der Waals surface area contributed by atoms with Crippen LogP contribution < -0.4 is 0 Å². The Bertz CT molecular complexity index is 185. The van der Waals surface area contributed by atoms with E-state index in [2.05, 4.69) is 17.6 Å². The van der Waals surface area contributed by atoms with E-state index in [1.54, 1.807) is 18.5 Å². The van der Waals surface area contributed by atoms with Gasteiger partial charge in [0.1, 0.15) is 0 Å². The first kappa shape index (κ1) is 6.02. The predicted octanol–water partition coefficient (Wildman–Crippen LogP) is 2.09. The molecule has 1 aliphatic heterocycles. The molecule has 0 saturated carbocycles. The van der Waals surface area contributed by atoms with Crippen molar-refractivity contribution in [2.75, 3.05) is 0 Å². The van der Waals surface area contributed by atoms with E-state index < -0.39 is 0 Å². The molecule has 0 fully saturated rings. The summed E-state index contributed by atoms with van der Waals surface area (Å²) in [6.45, 7) is 3.64. The van der Waals surface area contributed by atoms with E-state index in [1.165, 1.54) is 0 Å². The molecule has 1 heterocycles. The van der Waals surface area contributed by atoms with E-state index in [-0.39, 0.29) is 0 Å². The van der Waals surface area contributed by atoms with Crippen LogP contribution in [-0.4, -0.2) is 6.21 Å². The lowest BCUT2D eigenvalue weighted by atomic mass is 10.2. The van der Waals surface area contributed by atoms with Gasteiger partial charge in [-0.3, -0.25) is 4.99 Å². The van der Waals surface area contributed by atoms with Crippen LogP contribution in [0.3, 0.4) is 0 Å². The topological polar surface area (TPSA) is 12.4 Å². The van der Waals surface area contributed by atoms with Crippen molar-refractivity contribution in [1.29, 1.82) is 0 Å². The highest BCUT2D eigenvalue weighted by Gasteiger charge is 1.85. The highest BCUT2D eigenvalue weighted by atomic mass is 14.7. The van der Waals surface area contributed by atoms with E-state index in [9.17, 15) is 0 Å². The number of rotatable bonds is 1. The largest absolute Gasteiger partial charge is 0.264 e. The van der Waals surface area contributed by atoms with E-state index in [1.807, 2.05) is 6.08 Å². The Hall–Kier alpha value is -1.11. The van der Waals surface area contributed by atoms with E-state index in [0.717, 1.165) is 12.0 Å². The second-order valence-corrected chi connectivity index (χ2v) is 1.81. The summed E-state index contributed by atoms with van der Waals surface area (Å²) in [5.41, 5.74) is 1.10. The van der Waals surface area contributed by atoms with Crippen molar-refractivity contribution in [2.45, 2.75) is 6.42 Å². The van der Waals surface area contributed by atoms with Gasteiger partial charge >= 0.3 is 0 Å². The summed E-state index contributed by atoms with van der Waals surface area (Å²) in [5, 5.41) is 0. The molecule has 0 radical (unpaired) electrons. The third-order valence-corrected chi connectivity index (χ3v) is 1.14. The minimum absolute atomic E-state index is 0.960. The highest BCUT2D eigenvalue weighted by Crippen LogP contribution is 1.99. The van der Waals surface area contributed by atoms with Crippen molar-refractivity contribution in [2.24, 2.45) is 4.99 Å². The van der Waals surface area contributed by atoms with Crippen molar-refractivity contribution >= 4 is 6.21 Å². The molecule has 1 heteroatoms. The Morgan fingerprint density at radius 1 is 1.67 bits per heavy atom. The molecular formula is C8H9N. The number of hydrogen-bond donors (Lipinski definition) is 0. The van der Waals surface area contributed by atoms with Gasteiger partial charge in [-0.15, -0.1) is 0 Å². The molecule has 0 spiro atoms. The van der Waals surface area contributed by atoms with Crippen LogP contribution in [0.15, 0.2) is 41.6 Å². The normalized spacial score (nSPS) is 16.7. The molecule has 0 N–H and O–H groups in total. The zero-order valence-corrected chi connectivity index (χ0v) is 5.25. The van der Waals surface area contributed by atoms with E-state index >= 15 is 0 Å². The molecule has 9 heavy (non-hydrogen) atoms. The summed E-state index contributed by atoms with van der Waals surface area (Å²) < 4.78 is 0. The van der Waals surface area contributed by atoms with Crippen LogP contribution in [0.2, 0.25) is 0 Å². The third kappa shape index (κ3) is 1.68. The van der Waals surface area contributed by atoms with Crippen LogP contribution in [-0.2, 0) is 0 Å². The molecular weight excluding hydrogens is 110 g/mol. The molecule has 0 bridgehead atoms. The van der Waals surface area contributed by atoms with Crippen LogP contribution in [0.5, 0.6) is 0 Å². The molecule has 1 nitrogen and oxygen atoms in total. The zero-order valence-electron chi connectivity index (χ0n) is 5.25. The Labute approximate surface area is 55.1 Å². The molecule has 0 aromatic carbocycles. The first-order valence-corrected chi connectivity index (χ1v) is 2.94. The molecule has 0 amide bonds. The van der Waals surface area contributed by atoms with Crippen molar-refractivity contribution < 1.29 is 0 Å². The maximum atomic E-state index is 3.98. The van der Waals surface area contributed by atoms with E-state index in [0.29, 0.717) is 0 Å². The monoisotopic (exact) mass is 119 g/mol. The van der Waals surface area contributed by atoms with Gasteiger partial charge in [0.25, 0.3) is 0 Å². The second kappa shape index (κ2) is 3.02. The average Bonchev–Trinajstić information content (AvgIpc) is 2.13. The molecule has 0 unspecified atom stereocenters. The first-order valence-electron chi connectivity index (χ1n) is 2.94. The van der Waals surface area contributed by atoms with Crippen molar-refractivity contribution in [3.8, 4) is 0 Å². The van der Waals surface area contributed by atoms with Gasteiger partial charge in [-0.25, -0.2) is 0 Å². The Kier molecular flexibility index (Phi) is 2.02. The number of nitrogens with zero attached hydrogens (tertiary/aromatic N) is 1. The number of hydrogen-bond acceptors (Lipinski definition) is 1. The minimum Gasteiger partial charge on any atom is -0.264 e. The Balaban J connectivity index is 2.74. The predicted molar refractivity (Wildman–Crippen MR) is 40.5 cm³/mol. The summed E-state index contributed by atoms with van der Waals surface area (Å²) in [4.78, 5) is 3.98. The second-order valence-electron chi connectivity index (χ2n) is 1.81. The summed E-state index contributed by atoms with van der Waals surface area (Å²) in [6.07, 6.45) is 10.5. The lowest BCUT2D eigenvalue weighted by Crippen LogP contribution is -1.74. The SMILES string of the molecule is C=CC1=CCC=CN=C1. The molecule has 1 aliphatic rings. The molecule has 0 saturated heterocycles. The first-order chi connectivity index (χ1) is 4.43. The van der Waals surface area contributed by atoms with Crippen molar-refractivity contribution in [1.82, 2.24) is 0 Å². The van der Waals surface area contributed by atoms with Gasteiger partial charge < -0.3 is 0 Å². The van der Waals surface area contributed by atoms with Crippen LogP contribution in [0.25, 0.3) is 0 Å². The summed E-state index contributed by atoms with van der Waals surface area (Å²) in [7, 11) is 0. The van der Waals surface area contributed by atoms with Gasteiger partial charge in [0.2, 0.25) is 0 Å². The molecule has 46 valence electrons. The van der Waals surface area contributed by atoms with Gasteiger partial charge in [0, 0.05) is 12.4 Å². The fourth-order valence-corrected chi connectivity index (χ4v) is 0.644. The quantitative estimate of drug-likeness (QED) is 0.501. The maximum absolute atomic E-state index is 3.98. The molecule has 0 aromatic heterocycles. The summed E-state index contributed by atoms with van der Waals surface area (Å²) >= 11 is 0. The lowest BCUT2D eigenvalue weighted by Gasteiger charge is -1.84. The van der Waals surface area contributed by atoms with Gasteiger partial charge in [-0.2, -0.15) is 0 Å².